The van der Waals surface area contributed by atoms with Gasteiger partial charge in [0.1, 0.15) is 12.1 Å². The summed E-state index contributed by atoms with van der Waals surface area (Å²) < 4.78 is 43.6. The molecule has 9 heteroatoms. The molecule has 2 N–H and O–H groups in total. The van der Waals surface area contributed by atoms with Crippen LogP contribution in [-0.2, 0) is 6.18 Å². The Morgan fingerprint density at radius 1 is 1.03 bits per heavy atom. The van der Waals surface area contributed by atoms with Crippen LogP contribution in [-0.4, -0.2) is 26.8 Å². The average Bonchev–Trinajstić information content (AvgIpc) is 3.16. The minimum Gasteiger partial charge on any atom is -0.387 e. The topological polar surface area (TPSA) is 84.1 Å². The molecule has 2 aromatic carbocycles. The number of benzene rings is 2. The first-order chi connectivity index (χ1) is 13.9. The number of rotatable bonds is 5. The summed E-state index contributed by atoms with van der Waals surface area (Å²) in [6.45, 7) is 0.233. The molecular formula is C20H15F3N4O2. The zero-order valence-corrected chi connectivity index (χ0v) is 14.9. The van der Waals surface area contributed by atoms with Crippen LogP contribution in [0.25, 0.3) is 22.2 Å². The maximum atomic E-state index is 12.9. The lowest BCUT2D eigenvalue weighted by Gasteiger charge is -2.13. The van der Waals surface area contributed by atoms with Crippen molar-refractivity contribution in [2.24, 2.45) is 0 Å². The zero-order chi connectivity index (χ0) is 20.4. The van der Waals surface area contributed by atoms with E-state index >= 15 is 0 Å². The number of hydrogen-bond acceptors (Lipinski definition) is 6. The maximum absolute atomic E-state index is 12.9. The first-order valence-corrected chi connectivity index (χ1v) is 8.68. The summed E-state index contributed by atoms with van der Waals surface area (Å²) >= 11 is 0. The minimum atomic E-state index is -4.58. The summed E-state index contributed by atoms with van der Waals surface area (Å²) in [7, 11) is 0. The molecule has 1 atom stereocenters. The van der Waals surface area contributed by atoms with Gasteiger partial charge in [-0.15, -0.1) is 0 Å². The van der Waals surface area contributed by atoms with Crippen LogP contribution in [0.4, 0.5) is 19.0 Å². The number of hydrogen-bond donors (Lipinski definition) is 2. The van der Waals surface area contributed by atoms with Gasteiger partial charge in [-0.2, -0.15) is 13.2 Å². The Morgan fingerprint density at radius 3 is 2.59 bits per heavy atom. The van der Waals surface area contributed by atoms with Crippen LogP contribution in [0.3, 0.4) is 0 Å². The quantitative estimate of drug-likeness (QED) is 0.515. The molecule has 4 aromatic rings. The standard InChI is InChI=1S/C20H15F3N4O2/c21-20(22,23)19-14-7-6-13(8-17(14)29-27-19)15-9-18(26-11-25-15)24-10-16(28)12-4-2-1-3-5-12/h1-9,11,16,28H,10H2,(H,24,25,26)/t16-/m0/s1. The number of anilines is 1. The van der Waals surface area contributed by atoms with Crippen LogP contribution < -0.4 is 5.32 Å². The van der Waals surface area contributed by atoms with Gasteiger partial charge in [-0.3, -0.25) is 0 Å². The predicted molar refractivity (Wildman–Crippen MR) is 99.9 cm³/mol. The van der Waals surface area contributed by atoms with E-state index in [-0.39, 0.29) is 17.5 Å². The first kappa shape index (κ1) is 18.9. The van der Waals surface area contributed by atoms with E-state index in [1.54, 1.807) is 6.07 Å². The summed E-state index contributed by atoms with van der Waals surface area (Å²) in [4.78, 5) is 8.27. The van der Waals surface area contributed by atoms with E-state index in [9.17, 15) is 18.3 Å². The van der Waals surface area contributed by atoms with Gasteiger partial charge in [0.2, 0.25) is 0 Å². The normalized spacial score (nSPS) is 12.8. The second-order valence-electron chi connectivity index (χ2n) is 6.34. The van der Waals surface area contributed by atoms with E-state index in [4.69, 9.17) is 4.52 Å². The number of halogens is 3. The molecule has 0 spiro atoms. The van der Waals surface area contributed by atoms with Crippen molar-refractivity contribution in [3.63, 3.8) is 0 Å². The molecule has 0 aliphatic rings. The summed E-state index contributed by atoms with van der Waals surface area (Å²) in [6.07, 6.45) is -3.97. The number of fused-ring (bicyclic) bond motifs is 1. The largest absolute Gasteiger partial charge is 0.437 e. The maximum Gasteiger partial charge on any atom is 0.437 e. The molecule has 0 aliphatic heterocycles. The highest BCUT2D eigenvalue weighted by Crippen LogP contribution is 2.35. The smallest absolute Gasteiger partial charge is 0.387 e. The van der Waals surface area contributed by atoms with Crippen LogP contribution in [0, 0.1) is 0 Å². The van der Waals surface area contributed by atoms with Crippen LogP contribution >= 0.6 is 0 Å². The lowest BCUT2D eigenvalue weighted by molar-refractivity contribution is -0.141. The number of nitrogens with one attached hydrogen (secondary N) is 1. The minimum absolute atomic E-state index is 0.0162. The zero-order valence-electron chi connectivity index (χ0n) is 14.9. The Balaban J connectivity index is 1.54. The van der Waals surface area contributed by atoms with E-state index < -0.39 is 18.0 Å². The second-order valence-corrected chi connectivity index (χ2v) is 6.34. The van der Waals surface area contributed by atoms with Gasteiger partial charge in [0.15, 0.2) is 11.3 Å². The monoisotopic (exact) mass is 400 g/mol. The molecule has 2 heterocycles. The van der Waals surface area contributed by atoms with Gasteiger partial charge in [-0.1, -0.05) is 41.6 Å². The van der Waals surface area contributed by atoms with Crippen molar-refractivity contribution >= 4 is 16.8 Å². The molecule has 29 heavy (non-hydrogen) atoms. The van der Waals surface area contributed by atoms with E-state index in [2.05, 4.69) is 20.4 Å². The van der Waals surface area contributed by atoms with Gasteiger partial charge >= 0.3 is 6.18 Å². The Morgan fingerprint density at radius 2 is 1.83 bits per heavy atom. The molecule has 0 aliphatic carbocycles. The molecule has 0 unspecified atom stereocenters. The van der Waals surface area contributed by atoms with Crippen molar-refractivity contribution in [2.45, 2.75) is 12.3 Å². The SMILES string of the molecule is O[C@@H](CNc1cc(-c2ccc3c(C(F)(F)F)noc3c2)ncn1)c1ccccc1. The lowest BCUT2D eigenvalue weighted by atomic mass is 10.1. The molecular weight excluding hydrogens is 385 g/mol. The van der Waals surface area contributed by atoms with Gasteiger partial charge in [-0.25, -0.2) is 9.97 Å². The van der Waals surface area contributed by atoms with Gasteiger partial charge in [0.05, 0.1) is 17.2 Å². The van der Waals surface area contributed by atoms with Gasteiger partial charge < -0.3 is 14.9 Å². The van der Waals surface area contributed by atoms with Crippen molar-refractivity contribution < 1.29 is 22.8 Å². The molecule has 0 bridgehead atoms. The van der Waals surface area contributed by atoms with E-state index in [0.29, 0.717) is 17.1 Å². The number of aliphatic hydroxyl groups excluding tert-OH is 1. The fraction of sp³-hybridized carbons (Fsp3) is 0.150. The number of alkyl halides is 3. The van der Waals surface area contributed by atoms with E-state index in [1.807, 2.05) is 30.3 Å². The number of aromatic nitrogens is 3. The Bertz CT molecular complexity index is 1130. The van der Waals surface area contributed by atoms with Crippen molar-refractivity contribution in [1.29, 1.82) is 0 Å². The third kappa shape index (κ3) is 4.04. The predicted octanol–water partition coefficient (Wildman–Crippen LogP) is 4.45. The third-order valence-corrected chi connectivity index (χ3v) is 4.36. The van der Waals surface area contributed by atoms with E-state index in [0.717, 1.165) is 5.56 Å². The molecule has 2 aromatic heterocycles. The number of aliphatic hydroxyl groups is 1. The Hall–Kier alpha value is -3.46. The van der Waals surface area contributed by atoms with Crippen molar-refractivity contribution in [1.82, 2.24) is 15.1 Å². The fourth-order valence-corrected chi connectivity index (χ4v) is 2.91. The molecule has 148 valence electrons. The second kappa shape index (κ2) is 7.51. The Labute approximate surface area is 163 Å². The number of nitrogens with zero attached hydrogens (tertiary/aromatic N) is 3. The van der Waals surface area contributed by atoms with Gasteiger partial charge in [-0.05, 0) is 17.7 Å². The highest BCUT2D eigenvalue weighted by Gasteiger charge is 2.37. The summed E-state index contributed by atoms with van der Waals surface area (Å²) in [5.74, 6) is 0.471. The van der Waals surface area contributed by atoms with Gasteiger partial charge in [0, 0.05) is 18.2 Å². The molecule has 0 fully saturated rings. The first-order valence-electron chi connectivity index (χ1n) is 8.68. The molecule has 0 saturated heterocycles. The molecule has 0 amide bonds. The fourth-order valence-electron chi connectivity index (χ4n) is 2.91. The summed E-state index contributed by atoms with van der Waals surface area (Å²) in [6, 6.07) is 15.1. The molecule has 0 radical (unpaired) electrons. The summed E-state index contributed by atoms with van der Waals surface area (Å²) in [5, 5.41) is 16.3. The van der Waals surface area contributed by atoms with Crippen LogP contribution in [0.5, 0.6) is 0 Å². The van der Waals surface area contributed by atoms with Crippen molar-refractivity contribution in [3.05, 3.63) is 72.2 Å². The van der Waals surface area contributed by atoms with E-state index in [1.165, 1.54) is 24.5 Å². The van der Waals surface area contributed by atoms with Crippen molar-refractivity contribution in [2.75, 3.05) is 11.9 Å². The third-order valence-electron chi connectivity index (χ3n) is 4.36. The van der Waals surface area contributed by atoms with Crippen LogP contribution in [0.1, 0.15) is 17.4 Å². The summed E-state index contributed by atoms with van der Waals surface area (Å²) in [5.41, 5.74) is 0.770. The molecule has 0 saturated carbocycles. The molecule has 6 nitrogen and oxygen atoms in total. The van der Waals surface area contributed by atoms with Crippen molar-refractivity contribution in [3.8, 4) is 11.3 Å². The average molecular weight is 400 g/mol. The highest BCUT2D eigenvalue weighted by molar-refractivity contribution is 5.84. The van der Waals surface area contributed by atoms with Crippen LogP contribution in [0.2, 0.25) is 0 Å². The Kier molecular flexibility index (Phi) is 4.89. The molecule has 4 rings (SSSR count). The van der Waals surface area contributed by atoms with Crippen LogP contribution in [0.15, 0.2) is 65.4 Å². The highest BCUT2D eigenvalue weighted by atomic mass is 19.4. The lowest BCUT2D eigenvalue weighted by Crippen LogP contribution is -2.13. The van der Waals surface area contributed by atoms with Gasteiger partial charge in [0.25, 0.3) is 0 Å².